The van der Waals surface area contributed by atoms with Gasteiger partial charge in [-0.3, -0.25) is 4.79 Å². The molecule has 2 N–H and O–H groups in total. The minimum Gasteiger partial charge on any atom is -0.453 e. The van der Waals surface area contributed by atoms with Gasteiger partial charge in [0.1, 0.15) is 5.54 Å². The normalized spacial score (nSPS) is 16.4. The van der Waals surface area contributed by atoms with Gasteiger partial charge >= 0.3 is 6.09 Å². The molecule has 112 valence electrons. The molecule has 0 aliphatic heterocycles. The number of rotatable bonds is 5. The number of nitrogens with one attached hydrogen (secondary N) is 2. The predicted octanol–water partition coefficient (Wildman–Crippen LogP) is 0.755. The zero-order valence-corrected chi connectivity index (χ0v) is 12.6. The number of alkyl carbamates (subject to hydrolysis) is 1. The second-order valence-corrected chi connectivity index (χ2v) is 4.74. The predicted molar refractivity (Wildman–Crippen MR) is 75.6 cm³/mol. The quantitative estimate of drug-likeness (QED) is 0.785. The van der Waals surface area contributed by atoms with Crippen molar-refractivity contribution >= 4 is 24.4 Å². The van der Waals surface area contributed by atoms with Crippen LogP contribution < -0.4 is 10.6 Å². The molecule has 7 heteroatoms. The van der Waals surface area contributed by atoms with Crippen LogP contribution in [0.1, 0.15) is 25.7 Å². The number of ether oxygens (including phenoxy) is 1. The second-order valence-electron chi connectivity index (χ2n) is 4.74. The standard InChI is InChI=1S/C12H23N3O3.ClH/c1-13-8-9-15(2)10(16)12(6-4-5-7-12)14-11(17)18-3;/h13H,4-9H2,1-3H3,(H,14,17);1H. The molecule has 1 rings (SSSR count). The van der Waals surface area contributed by atoms with Crippen LogP contribution in [-0.4, -0.2) is 56.7 Å². The zero-order chi connectivity index (χ0) is 13.6. The first-order valence-electron chi connectivity index (χ1n) is 6.32. The lowest BCUT2D eigenvalue weighted by atomic mass is 9.96. The van der Waals surface area contributed by atoms with Crippen LogP contribution in [-0.2, 0) is 9.53 Å². The minimum absolute atomic E-state index is 0. The highest BCUT2D eigenvalue weighted by molar-refractivity contribution is 5.90. The Morgan fingerprint density at radius 2 is 1.89 bits per heavy atom. The highest BCUT2D eigenvalue weighted by Crippen LogP contribution is 2.31. The average molecular weight is 294 g/mol. The van der Waals surface area contributed by atoms with E-state index in [2.05, 4.69) is 15.4 Å². The Hall–Kier alpha value is -1.01. The van der Waals surface area contributed by atoms with E-state index < -0.39 is 11.6 Å². The number of halogens is 1. The Morgan fingerprint density at radius 1 is 1.32 bits per heavy atom. The van der Waals surface area contributed by atoms with Gasteiger partial charge in [-0.05, 0) is 19.9 Å². The molecule has 0 unspecified atom stereocenters. The first-order valence-corrected chi connectivity index (χ1v) is 6.32. The topological polar surface area (TPSA) is 70.7 Å². The van der Waals surface area contributed by atoms with Crippen LogP contribution in [0, 0.1) is 0 Å². The van der Waals surface area contributed by atoms with Gasteiger partial charge in [-0.1, -0.05) is 12.8 Å². The zero-order valence-electron chi connectivity index (χ0n) is 11.8. The van der Waals surface area contributed by atoms with E-state index >= 15 is 0 Å². The molecule has 6 nitrogen and oxygen atoms in total. The summed E-state index contributed by atoms with van der Waals surface area (Å²) in [7, 11) is 4.92. The van der Waals surface area contributed by atoms with Gasteiger partial charge in [0.2, 0.25) is 5.91 Å². The summed E-state index contributed by atoms with van der Waals surface area (Å²) in [5, 5.41) is 5.73. The number of amides is 2. The maximum Gasteiger partial charge on any atom is 0.407 e. The summed E-state index contributed by atoms with van der Waals surface area (Å²) >= 11 is 0. The second kappa shape index (κ2) is 8.22. The van der Waals surface area contributed by atoms with E-state index in [1.807, 2.05) is 7.05 Å². The van der Waals surface area contributed by atoms with Crippen molar-refractivity contribution in [2.75, 3.05) is 34.3 Å². The Labute approximate surface area is 120 Å². The lowest BCUT2D eigenvalue weighted by Gasteiger charge is -2.32. The molecule has 0 spiro atoms. The van der Waals surface area contributed by atoms with Crippen molar-refractivity contribution in [1.29, 1.82) is 0 Å². The number of hydrogen-bond donors (Lipinski definition) is 2. The first-order chi connectivity index (χ1) is 8.55. The van der Waals surface area contributed by atoms with Crippen molar-refractivity contribution in [2.24, 2.45) is 0 Å². The van der Waals surface area contributed by atoms with E-state index in [-0.39, 0.29) is 18.3 Å². The minimum atomic E-state index is -0.768. The van der Waals surface area contributed by atoms with Gasteiger partial charge in [-0.2, -0.15) is 0 Å². The number of likely N-dealkylation sites (N-methyl/N-ethyl adjacent to an activating group) is 2. The molecular formula is C12H24ClN3O3. The molecule has 0 bridgehead atoms. The van der Waals surface area contributed by atoms with Gasteiger partial charge in [0, 0.05) is 20.1 Å². The highest BCUT2D eigenvalue weighted by Gasteiger charge is 2.44. The molecule has 0 aromatic heterocycles. The Kier molecular flexibility index (Phi) is 7.78. The Morgan fingerprint density at radius 3 is 2.37 bits per heavy atom. The van der Waals surface area contributed by atoms with Crippen molar-refractivity contribution in [3.8, 4) is 0 Å². The van der Waals surface area contributed by atoms with Crippen LogP contribution in [0.3, 0.4) is 0 Å². The van der Waals surface area contributed by atoms with Crippen LogP contribution in [0.15, 0.2) is 0 Å². The molecule has 2 amide bonds. The van der Waals surface area contributed by atoms with Crippen LogP contribution in [0.25, 0.3) is 0 Å². The third kappa shape index (κ3) is 4.54. The summed E-state index contributed by atoms with van der Waals surface area (Å²) in [6.07, 6.45) is 2.74. The van der Waals surface area contributed by atoms with E-state index in [0.717, 1.165) is 19.4 Å². The Bertz CT molecular complexity index is 307. The van der Waals surface area contributed by atoms with Crippen molar-refractivity contribution < 1.29 is 14.3 Å². The molecule has 19 heavy (non-hydrogen) atoms. The fourth-order valence-electron chi connectivity index (χ4n) is 2.36. The number of carbonyl (C=O) groups excluding carboxylic acids is 2. The molecular weight excluding hydrogens is 270 g/mol. The molecule has 0 aromatic rings. The summed E-state index contributed by atoms with van der Waals surface area (Å²) in [5.41, 5.74) is -0.768. The van der Waals surface area contributed by atoms with E-state index in [0.29, 0.717) is 19.4 Å². The molecule has 0 saturated heterocycles. The summed E-state index contributed by atoms with van der Waals surface area (Å²) < 4.78 is 4.62. The SMILES string of the molecule is CNCCN(C)C(=O)C1(NC(=O)OC)CCCC1.Cl. The lowest BCUT2D eigenvalue weighted by molar-refractivity contribution is -0.136. The summed E-state index contributed by atoms with van der Waals surface area (Å²) in [4.78, 5) is 25.5. The van der Waals surface area contributed by atoms with Gasteiger partial charge in [0.25, 0.3) is 0 Å². The fraction of sp³-hybridized carbons (Fsp3) is 0.833. The summed E-state index contributed by atoms with van der Waals surface area (Å²) in [5.74, 6) is -0.0272. The van der Waals surface area contributed by atoms with E-state index in [9.17, 15) is 9.59 Å². The van der Waals surface area contributed by atoms with Crippen molar-refractivity contribution in [3.05, 3.63) is 0 Å². The van der Waals surface area contributed by atoms with Gasteiger partial charge < -0.3 is 20.3 Å². The number of nitrogens with zero attached hydrogens (tertiary/aromatic N) is 1. The Balaban J connectivity index is 0.00000324. The number of methoxy groups -OCH3 is 1. The first kappa shape index (κ1) is 18.0. The van der Waals surface area contributed by atoms with Gasteiger partial charge in [-0.25, -0.2) is 4.79 Å². The van der Waals surface area contributed by atoms with E-state index in [1.165, 1.54) is 7.11 Å². The van der Waals surface area contributed by atoms with Crippen LogP contribution in [0.5, 0.6) is 0 Å². The summed E-state index contributed by atoms with van der Waals surface area (Å²) in [6, 6.07) is 0. The smallest absolute Gasteiger partial charge is 0.407 e. The van der Waals surface area contributed by atoms with Gasteiger partial charge in [0.15, 0.2) is 0 Å². The molecule has 1 fully saturated rings. The monoisotopic (exact) mass is 293 g/mol. The van der Waals surface area contributed by atoms with Gasteiger partial charge in [-0.15, -0.1) is 12.4 Å². The van der Waals surface area contributed by atoms with Crippen molar-refractivity contribution in [1.82, 2.24) is 15.5 Å². The number of hydrogen-bond acceptors (Lipinski definition) is 4. The molecule has 0 heterocycles. The molecule has 1 saturated carbocycles. The van der Waals surface area contributed by atoms with E-state index in [1.54, 1.807) is 11.9 Å². The van der Waals surface area contributed by atoms with Crippen molar-refractivity contribution in [2.45, 2.75) is 31.2 Å². The molecule has 0 aromatic carbocycles. The third-order valence-electron chi connectivity index (χ3n) is 3.44. The van der Waals surface area contributed by atoms with Gasteiger partial charge in [0.05, 0.1) is 7.11 Å². The maximum absolute atomic E-state index is 12.5. The largest absolute Gasteiger partial charge is 0.453 e. The van der Waals surface area contributed by atoms with E-state index in [4.69, 9.17) is 0 Å². The molecule has 1 aliphatic rings. The highest BCUT2D eigenvalue weighted by atomic mass is 35.5. The lowest BCUT2D eigenvalue weighted by Crippen LogP contribution is -2.58. The molecule has 0 radical (unpaired) electrons. The van der Waals surface area contributed by atoms with Crippen LogP contribution >= 0.6 is 12.4 Å². The maximum atomic E-state index is 12.5. The third-order valence-corrected chi connectivity index (χ3v) is 3.44. The van der Waals surface area contributed by atoms with Crippen molar-refractivity contribution in [3.63, 3.8) is 0 Å². The van der Waals surface area contributed by atoms with Crippen LogP contribution in [0.4, 0.5) is 4.79 Å². The van der Waals surface area contributed by atoms with Crippen LogP contribution in [0.2, 0.25) is 0 Å². The average Bonchev–Trinajstić information content (AvgIpc) is 2.84. The number of carbonyl (C=O) groups is 2. The summed E-state index contributed by atoms with van der Waals surface area (Å²) in [6.45, 7) is 1.36. The molecule has 1 aliphatic carbocycles. The fourth-order valence-corrected chi connectivity index (χ4v) is 2.36. The molecule has 0 atom stereocenters.